The third-order valence-electron chi connectivity index (χ3n) is 5.14. The van der Waals surface area contributed by atoms with Crippen LogP contribution in [0.1, 0.15) is 44.2 Å². The number of hydrogen-bond donors (Lipinski definition) is 1. The number of nitrogens with one attached hydrogen (secondary N) is 1. The van der Waals surface area contributed by atoms with E-state index >= 15 is 0 Å². The second kappa shape index (κ2) is 8.30. The minimum Gasteiger partial charge on any atom is -0.341 e. The minimum atomic E-state index is -4.59. The van der Waals surface area contributed by atoms with Gasteiger partial charge in [-0.05, 0) is 50.8 Å². The van der Waals surface area contributed by atoms with Gasteiger partial charge < -0.3 is 10.2 Å². The number of hydrogen-bond acceptors (Lipinski definition) is 5. The summed E-state index contributed by atoms with van der Waals surface area (Å²) in [5.41, 5.74) is -0.934. The molecule has 6 nitrogen and oxygen atoms in total. The lowest BCUT2D eigenvalue weighted by Crippen LogP contribution is -2.24. The fraction of sp³-hybridized carbons (Fsp3) is 0.526. The Morgan fingerprint density at radius 1 is 1.27 bits per heavy atom. The number of rotatable bonds is 6. The van der Waals surface area contributed by atoms with Crippen molar-refractivity contribution >= 4 is 40.9 Å². The molecule has 0 radical (unpaired) electrons. The van der Waals surface area contributed by atoms with Crippen molar-refractivity contribution in [2.24, 2.45) is 0 Å². The Balaban J connectivity index is 1.47. The van der Waals surface area contributed by atoms with E-state index in [0.717, 1.165) is 56.9 Å². The topological polar surface area (TPSA) is 63.1 Å². The summed E-state index contributed by atoms with van der Waals surface area (Å²) < 4.78 is 41.2. The molecule has 2 fully saturated rings. The van der Waals surface area contributed by atoms with Crippen LogP contribution in [0.5, 0.6) is 0 Å². The van der Waals surface area contributed by atoms with Crippen LogP contribution in [-0.2, 0) is 11.0 Å². The molecule has 4 rings (SSSR count). The third-order valence-corrected chi connectivity index (χ3v) is 6.52. The second-order valence-corrected chi connectivity index (χ2v) is 9.23. The van der Waals surface area contributed by atoms with Gasteiger partial charge in [-0.15, -0.1) is 10.2 Å². The van der Waals surface area contributed by atoms with Gasteiger partial charge in [0.05, 0.1) is 15.8 Å². The number of carbonyl (C=O) groups excluding carboxylic acids is 1. The molecule has 162 valence electrons. The molecule has 1 aromatic carbocycles. The second-order valence-electron chi connectivity index (χ2n) is 7.52. The van der Waals surface area contributed by atoms with Gasteiger partial charge in [0, 0.05) is 24.8 Å². The number of benzene rings is 1. The van der Waals surface area contributed by atoms with Crippen molar-refractivity contribution in [3.8, 4) is 0 Å². The van der Waals surface area contributed by atoms with Crippen LogP contribution in [0.2, 0.25) is 5.02 Å². The highest BCUT2D eigenvalue weighted by molar-refractivity contribution is 8.00. The van der Waals surface area contributed by atoms with Crippen molar-refractivity contribution in [3.05, 3.63) is 28.8 Å². The van der Waals surface area contributed by atoms with Crippen molar-refractivity contribution in [2.75, 3.05) is 23.3 Å². The summed E-state index contributed by atoms with van der Waals surface area (Å²) in [6, 6.07) is 3.67. The molecule has 2 aliphatic rings. The zero-order chi connectivity index (χ0) is 21.5. The van der Waals surface area contributed by atoms with Gasteiger partial charge in [0.1, 0.15) is 0 Å². The lowest BCUT2D eigenvalue weighted by molar-refractivity contribution is -0.137. The fourth-order valence-corrected chi connectivity index (χ4v) is 4.55. The van der Waals surface area contributed by atoms with Gasteiger partial charge in [-0.2, -0.15) is 13.2 Å². The first-order chi connectivity index (χ1) is 14.2. The Morgan fingerprint density at radius 3 is 2.60 bits per heavy atom. The number of aromatic nitrogens is 3. The summed E-state index contributed by atoms with van der Waals surface area (Å²) in [5.74, 6) is 0.432. The average molecular weight is 460 g/mol. The molecule has 0 spiro atoms. The molecule has 2 heterocycles. The van der Waals surface area contributed by atoms with Crippen LogP contribution in [-0.4, -0.2) is 39.0 Å². The van der Waals surface area contributed by atoms with Crippen LogP contribution in [0.3, 0.4) is 0 Å². The normalized spacial score (nSPS) is 18.0. The zero-order valence-corrected chi connectivity index (χ0v) is 17.8. The number of anilines is 2. The van der Waals surface area contributed by atoms with Crippen molar-refractivity contribution in [3.63, 3.8) is 0 Å². The van der Waals surface area contributed by atoms with Crippen molar-refractivity contribution in [1.29, 1.82) is 0 Å². The third kappa shape index (κ3) is 4.54. The zero-order valence-electron chi connectivity index (χ0n) is 16.2. The molecule has 0 bridgehead atoms. The molecule has 1 atom stereocenters. The van der Waals surface area contributed by atoms with E-state index in [1.807, 2.05) is 0 Å². The van der Waals surface area contributed by atoms with E-state index in [0.29, 0.717) is 11.2 Å². The van der Waals surface area contributed by atoms with E-state index in [4.69, 9.17) is 11.6 Å². The maximum atomic E-state index is 13.0. The number of thioether (sulfide) groups is 1. The van der Waals surface area contributed by atoms with E-state index < -0.39 is 27.9 Å². The molecule has 1 amide bonds. The molecule has 1 unspecified atom stereocenters. The first-order valence-corrected chi connectivity index (χ1v) is 11.0. The van der Waals surface area contributed by atoms with Gasteiger partial charge in [-0.1, -0.05) is 23.4 Å². The summed E-state index contributed by atoms with van der Waals surface area (Å²) in [5, 5.41) is 10.9. The Kier molecular flexibility index (Phi) is 5.89. The molecule has 2 aromatic rings. The van der Waals surface area contributed by atoms with Crippen LogP contribution in [0.15, 0.2) is 23.4 Å². The number of nitrogens with zero attached hydrogens (tertiary/aromatic N) is 4. The Bertz CT molecular complexity index is 941. The lowest BCUT2D eigenvalue weighted by atomic mass is 10.2. The first-order valence-electron chi connectivity index (χ1n) is 9.78. The lowest BCUT2D eigenvalue weighted by Gasteiger charge is -2.19. The van der Waals surface area contributed by atoms with Gasteiger partial charge >= 0.3 is 6.18 Å². The van der Waals surface area contributed by atoms with Gasteiger partial charge in [0.25, 0.3) is 0 Å². The number of carbonyl (C=O) groups is 1. The van der Waals surface area contributed by atoms with Gasteiger partial charge in [0.2, 0.25) is 11.9 Å². The van der Waals surface area contributed by atoms with E-state index in [1.165, 1.54) is 17.8 Å². The molecule has 1 aliphatic heterocycles. The van der Waals surface area contributed by atoms with E-state index in [9.17, 15) is 18.0 Å². The molecule has 1 saturated carbocycles. The van der Waals surface area contributed by atoms with Gasteiger partial charge in [0.15, 0.2) is 5.16 Å². The van der Waals surface area contributed by atoms with Crippen LogP contribution in [0.25, 0.3) is 0 Å². The van der Waals surface area contributed by atoms with E-state index in [1.54, 1.807) is 6.92 Å². The van der Waals surface area contributed by atoms with Crippen molar-refractivity contribution in [2.45, 2.75) is 55.2 Å². The average Bonchev–Trinajstić information content (AvgIpc) is 3.21. The van der Waals surface area contributed by atoms with Crippen LogP contribution >= 0.6 is 23.4 Å². The molecule has 11 heteroatoms. The Labute approximate surface area is 181 Å². The molecule has 1 saturated heterocycles. The summed E-state index contributed by atoms with van der Waals surface area (Å²) in [4.78, 5) is 14.8. The van der Waals surface area contributed by atoms with E-state index in [-0.39, 0.29) is 5.69 Å². The monoisotopic (exact) mass is 459 g/mol. The summed E-state index contributed by atoms with van der Waals surface area (Å²) >= 11 is 6.90. The number of halogens is 4. The van der Waals surface area contributed by atoms with Gasteiger partial charge in [-0.3, -0.25) is 9.36 Å². The SMILES string of the molecule is CC(Sc1nnc(N2CCCC2)n1C1CC1)C(=O)Nc1ccc(Cl)c(C(F)(F)F)c1. The molecule has 1 N–H and O–H groups in total. The maximum absolute atomic E-state index is 13.0. The molecule has 30 heavy (non-hydrogen) atoms. The largest absolute Gasteiger partial charge is 0.417 e. The van der Waals surface area contributed by atoms with Crippen molar-refractivity contribution in [1.82, 2.24) is 14.8 Å². The Morgan fingerprint density at radius 2 is 1.97 bits per heavy atom. The maximum Gasteiger partial charge on any atom is 0.417 e. The summed E-state index contributed by atoms with van der Waals surface area (Å²) in [6.45, 7) is 3.59. The highest BCUT2D eigenvalue weighted by Crippen LogP contribution is 2.42. The van der Waals surface area contributed by atoms with Gasteiger partial charge in [-0.25, -0.2) is 0 Å². The van der Waals surface area contributed by atoms with Crippen molar-refractivity contribution < 1.29 is 18.0 Å². The minimum absolute atomic E-state index is 0.0468. The quantitative estimate of drug-likeness (QED) is 0.615. The van der Waals surface area contributed by atoms with Crippen LogP contribution in [0.4, 0.5) is 24.8 Å². The predicted molar refractivity (Wildman–Crippen MR) is 110 cm³/mol. The fourth-order valence-electron chi connectivity index (χ4n) is 3.41. The number of amides is 1. The predicted octanol–water partition coefficient (Wildman–Crippen LogP) is 5.00. The number of alkyl halides is 3. The standard InChI is InChI=1S/C19H21ClF3N5OS/c1-11(16(29)24-12-4-7-15(20)14(10-12)19(21,22)23)30-18-26-25-17(27-8-2-3-9-27)28(18)13-5-6-13/h4,7,10-11,13H,2-3,5-6,8-9H2,1H3,(H,24,29). The highest BCUT2D eigenvalue weighted by Gasteiger charge is 2.35. The molecule has 1 aromatic heterocycles. The smallest absolute Gasteiger partial charge is 0.341 e. The van der Waals surface area contributed by atoms with Crippen LogP contribution in [0, 0.1) is 0 Å². The first kappa shape index (κ1) is 21.3. The highest BCUT2D eigenvalue weighted by atomic mass is 35.5. The van der Waals surface area contributed by atoms with Crippen LogP contribution < -0.4 is 10.2 Å². The van der Waals surface area contributed by atoms with E-state index in [2.05, 4.69) is 25.0 Å². The Hall–Kier alpha value is -1.94. The molecular formula is C19H21ClF3N5OS. The molecular weight excluding hydrogens is 439 g/mol. The summed E-state index contributed by atoms with van der Waals surface area (Å²) in [7, 11) is 0. The summed E-state index contributed by atoms with van der Waals surface area (Å²) in [6.07, 6.45) is -0.236. The molecule has 1 aliphatic carbocycles.